The number of carboxylic acids is 1. The van der Waals surface area contributed by atoms with E-state index in [9.17, 15) is 14.7 Å². The van der Waals surface area contributed by atoms with Gasteiger partial charge in [-0.15, -0.1) is 0 Å². The minimum atomic E-state index is -1.48. The molecule has 102 valence electrons. The zero-order chi connectivity index (χ0) is 14.3. The summed E-state index contributed by atoms with van der Waals surface area (Å²) in [5, 5.41) is 9.50. The summed E-state index contributed by atoms with van der Waals surface area (Å²) in [4.78, 5) is 23.9. The molecule has 4 heteroatoms. The van der Waals surface area contributed by atoms with Crippen LogP contribution in [-0.2, 0) is 27.2 Å². The predicted octanol–water partition coefficient (Wildman–Crippen LogP) is 2.20. The fourth-order valence-electron chi connectivity index (χ4n) is 2.37. The molecule has 0 aliphatic heterocycles. The third-order valence-electron chi connectivity index (χ3n) is 3.30. The summed E-state index contributed by atoms with van der Waals surface area (Å²) in [5.41, 5.74) is -0.336. The van der Waals surface area contributed by atoms with Crippen molar-refractivity contribution in [1.82, 2.24) is 0 Å². The number of aliphatic carboxylic acids is 1. The Kier molecular flexibility index (Phi) is 3.12. The predicted molar refractivity (Wildman–Crippen MR) is 69.8 cm³/mol. The highest BCUT2D eigenvalue weighted by molar-refractivity contribution is 6.00. The van der Waals surface area contributed by atoms with Gasteiger partial charge in [-0.1, -0.05) is 24.3 Å². The van der Waals surface area contributed by atoms with Crippen LogP contribution in [0.2, 0.25) is 0 Å². The summed E-state index contributed by atoms with van der Waals surface area (Å²) >= 11 is 0. The summed E-state index contributed by atoms with van der Waals surface area (Å²) in [7, 11) is 0. The number of esters is 1. The van der Waals surface area contributed by atoms with Crippen LogP contribution in [0.25, 0.3) is 0 Å². The molecule has 1 aliphatic rings. The van der Waals surface area contributed by atoms with Gasteiger partial charge in [0.15, 0.2) is 5.41 Å². The van der Waals surface area contributed by atoms with Crippen molar-refractivity contribution < 1.29 is 19.4 Å². The van der Waals surface area contributed by atoms with E-state index in [1.807, 2.05) is 24.3 Å². The van der Waals surface area contributed by atoms with Crippen LogP contribution in [0.5, 0.6) is 0 Å². The van der Waals surface area contributed by atoms with Crippen LogP contribution in [0.15, 0.2) is 24.3 Å². The van der Waals surface area contributed by atoms with Gasteiger partial charge in [-0.3, -0.25) is 9.59 Å². The smallest absolute Gasteiger partial charge is 0.324 e. The Labute approximate surface area is 112 Å². The first-order valence-corrected chi connectivity index (χ1v) is 6.28. The average molecular weight is 262 g/mol. The molecule has 1 aromatic rings. The van der Waals surface area contributed by atoms with Gasteiger partial charge >= 0.3 is 11.9 Å². The van der Waals surface area contributed by atoms with Gasteiger partial charge in [0.2, 0.25) is 0 Å². The average Bonchev–Trinajstić information content (AvgIpc) is 2.67. The number of ether oxygens (including phenoxy) is 1. The van der Waals surface area contributed by atoms with Gasteiger partial charge < -0.3 is 9.84 Å². The number of fused-ring (bicyclic) bond motifs is 1. The van der Waals surface area contributed by atoms with Crippen LogP contribution in [0.1, 0.15) is 31.9 Å². The SMILES string of the molecule is CC(C)(C)OC(=O)C1(C(=O)O)Cc2ccccc2C1. The standard InChI is InChI=1S/C15H18O4/c1-14(2,3)19-13(18)15(12(16)17)8-10-6-4-5-7-11(10)9-15/h4-7H,8-9H2,1-3H3,(H,16,17). The largest absolute Gasteiger partial charge is 0.480 e. The number of carbonyl (C=O) groups is 2. The summed E-state index contributed by atoms with van der Waals surface area (Å²) in [6, 6.07) is 7.44. The Balaban J connectivity index is 2.33. The molecule has 1 aromatic carbocycles. The summed E-state index contributed by atoms with van der Waals surface area (Å²) in [6.45, 7) is 5.22. The number of benzene rings is 1. The lowest BCUT2D eigenvalue weighted by atomic mass is 9.84. The highest BCUT2D eigenvalue weighted by Crippen LogP contribution is 2.39. The van der Waals surface area contributed by atoms with E-state index >= 15 is 0 Å². The van der Waals surface area contributed by atoms with Crippen LogP contribution >= 0.6 is 0 Å². The summed E-state index contributed by atoms with van der Waals surface area (Å²) < 4.78 is 5.30. The summed E-state index contributed by atoms with van der Waals surface area (Å²) in [5.74, 6) is -1.76. The Bertz CT molecular complexity index is 500. The molecule has 0 atom stereocenters. The zero-order valence-electron chi connectivity index (χ0n) is 11.4. The van der Waals surface area contributed by atoms with E-state index in [1.54, 1.807) is 20.8 Å². The fourth-order valence-corrected chi connectivity index (χ4v) is 2.37. The zero-order valence-corrected chi connectivity index (χ0v) is 11.4. The number of rotatable bonds is 2. The van der Waals surface area contributed by atoms with Gasteiger partial charge in [0.1, 0.15) is 5.60 Å². The molecule has 4 nitrogen and oxygen atoms in total. The highest BCUT2D eigenvalue weighted by atomic mass is 16.6. The first kappa shape index (κ1) is 13.6. The maximum atomic E-state index is 12.3. The van der Waals surface area contributed by atoms with Crippen molar-refractivity contribution in [2.75, 3.05) is 0 Å². The molecule has 19 heavy (non-hydrogen) atoms. The van der Waals surface area contributed by atoms with E-state index in [0.29, 0.717) is 0 Å². The summed E-state index contributed by atoms with van der Waals surface area (Å²) in [6.07, 6.45) is 0.404. The molecule has 0 saturated carbocycles. The van der Waals surface area contributed by atoms with Crippen molar-refractivity contribution in [3.8, 4) is 0 Å². The molecule has 0 aromatic heterocycles. The minimum absolute atomic E-state index is 0.202. The minimum Gasteiger partial charge on any atom is -0.480 e. The van der Waals surface area contributed by atoms with Gasteiger partial charge in [-0.2, -0.15) is 0 Å². The first-order chi connectivity index (χ1) is 8.74. The molecule has 0 fully saturated rings. The van der Waals surface area contributed by atoms with Gasteiger partial charge in [-0.05, 0) is 44.7 Å². The topological polar surface area (TPSA) is 63.6 Å². The van der Waals surface area contributed by atoms with E-state index in [0.717, 1.165) is 11.1 Å². The number of carbonyl (C=O) groups excluding carboxylic acids is 1. The monoisotopic (exact) mass is 262 g/mol. The molecule has 0 saturated heterocycles. The van der Waals surface area contributed by atoms with E-state index < -0.39 is 23.0 Å². The number of carboxylic acid groups (broad SMARTS) is 1. The molecule has 0 radical (unpaired) electrons. The second-order valence-corrected chi connectivity index (χ2v) is 6.01. The van der Waals surface area contributed by atoms with Gasteiger partial charge in [0.05, 0.1) is 0 Å². The second kappa shape index (κ2) is 4.37. The molecule has 0 bridgehead atoms. The van der Waals surface area contributed by atoms with Gasteiger partial charge in [-0.25, -0.2) is 0 Å². The maximum absolute atomic E-state index is 12.3. The van der Waals surface area contributed by atoms with Crippen LogP contribution in [-0.4, -0.2) is 22.6 Å². The quantitative estimate of drug-likeness (QED) is 0.655. The Morgan fingerprint density at radius 1 is 1.16 bits per heavy atom. The van der Waals surface area contributed by atoms with Crippen LogP contribution in [0, 0.1) is 5.41 Å². The highest BCUT2D eigenvalue weighted by Gasteiger charge is 2.52. The van der Waals surface area contributed by atoms with Gasteiger partial charge in [0.25, 0.3) is 0 Å². The van der Waals surface area contributed by atoms with Crippen LogP contribution in [0.3, 0.4) is 0 Å². The fraction of sp³-hybridized carbons (Fsp3) is 0.467. The van der Waals surface area contributed by atoms with E-state index in [1.165, 1.54) is 0 Å². The third kappa shape index (κ3) is 2.48. The van der Waals surface area contributed by atoms with Crippen LogP contribution in [0.4, 0.5) is 0 Å². The first-order valence-electron chi connectivity index (χ1n) is 6.28. The molecular weight excluding hydrogens is 244 g/mol. The van der Waals surface area contributed by atoms with Crippen molar-refractivity contribution in [2.45, 2.75) is 39.2 Å². The van der Waals surface area contributed by atoms with Crippen molar-refractivity contribution in [3.05, 3.63) is 35.4 Å². The molecule has 0 amide bonds. The third-order valence-corrected chi connectivity index (χ3v) is 3.30. The normalized spacial score (nSPS) is 16.8. The van der Waals surface area contributed by atoms with Crippen molar-refractivity contribution >= 4 is 11.9 Å². The lowest BCUT2D eigenvalue weighted by molar-refractivity contribution is -0.176. The number of hydrogen-bond acceptors (Lipinski definition) is 3. The van der Waals surface area contributed by atoms with Gasteiger partial charge in [0, 0.05) is 0 Å². The lowest BCUT2D eigenvalue weighted by Gasteiger charge is -2.27. The van der Waals surface area contributed by atoms with Crippen molar-refractivity contribution in [1.29, 1.82) is 0 Å². The molecule has 0 spiro atoms. The Morgan fingerprint density at radius 2 is 1.63 bits per heavy atom. The number of hydrogen-bond donors (Lipinski definition) is 1. The van der Waals surface area contributed by atoms with E-state index in [4.69, 9.17) is 4.74 Å². The molecule has 2 rings (SSSR count). The maximum Gasteiger partial charge on any atom is 0.324 e. The molecule has 1 aliphatic carbocycles. The second-order valence-electron chi connectivity index (χ2n) is 6.01. The lowest BCUT2D eigenvalue weighted by Crippen LogP contribution is -2.44. The molecule has 1 N–H and O–H groups in total. The molecule has 0 unspecified atom stereocenters. The van der Waals surface area contributed by atoms with E-state index in [-0.39, 0.29) is 12.8 Å². The molecular formula is C15H18O4. The van der Waals surface area contributed by atoms with E-state index in [2.05, 4.69) is 0 Å². The van der Waals surface area contributed by atoms with Crippen LogP contribution < -0.4 is 0 Å². The Morgan fingerprint density at radius 3 is 2.00 bits per heavy atom. The Hall–Kier alpha value is -1.84. The van der Waals surface area contributed by atoms with Crippen molar-refractivity contribution in [3.63, 3.8) is 0 Å². The van der Waals surface area contributed by atoms with Crippen molar-refractivity contribution in [2.24, 2.45) is 5.41 Å². The molecule has 0 heterocycles.